The van der Waals surface area contributed by atoms with Crippen molar-refractivity contribution in [3.05, 3.63) is 23.7 Å². The van der Waals surface area contributed by atoms with Gasteiger partial charge in [0.15, 0.2) is 0 Å². The molecule has 1 heterocycles. The number of amides is 1. The van der Waals surface area contributed by atoms with Crippen molar-refractivity contribution < 1.29 is 9.21 Å². The minimum Gasteiger partial charge on any atom is -0.466 e. The summed E-state index contributed by atoms with van der Waals surface area (Å²) in [6, 6.07) is 4.61. The van der Waals surface area contributed by atoms with Crippen LogP contribution >= 0.6 is 0 Å². The highest BCUT2D eigenvalue weighted by Crippen LogP contribution is 2.47. The molecule has 0 radical (unpaired) electrons. The lowest BCUT2D eigenvalue weighted by atomic mass is 9.94. The summed E-state index contributed by atoms with van der Waals surface area (Å²) < 4.78 is 5.88. The van der Waals surface area contributed by atoms with Crippen LogP contribution in [0.3, 0.4) is 0 Å². The number of furan rings is 1. The summed E-state index contributed by atoms with van der Waals surface area (Å²) in [5, 5.41) is 0. The van der Waals surface area contributed by atoms with Crippen LogP contribution < -0.4 is 0 Å². The van der Waals surface area contributed by atoms with Crippen LogP contribution in [0.25, 0.3) is 0 Å². The van der Waals surface area contributed by atoms with Gasteiger partial charge in [-0.25, -0.2) is 0 Å². The first-order valence-corrected chi connectivity index (χ1v) is 8.49. The van der Waals surface area contributed by atoms with E-state index in [4.69, 9.17) is 4.42 Å². The van der Waals surface area contributed by atoms with Gasteiger partial charge in [0.25, 0.3) is 0 Å². The van der Waals surface area contributed by atoms with E-state index in [9.17, 15) is 4.79 Å². The van der Waals surface area contributed by atoms with E-state index in [2.05, 4.69) is 13.0 Å². The van der Waals surface area contributed by atoms with E-state index in [1.165, 1.54) is 38.5 Å². The number of carbonyl (C=O) groups is 1. The zero-order chi connectivity index (χ0) is 14.8. The second-order valence-corrected chi connectivity index (χ2v) is 6.92. The Bertz CT molecular complexity index is 487. The highest BCUT2D eigenvalue weighted by molar-refractivity contribution is 5.76. The van der Waals surface area contributed by atoms with E-state index in [0.29, 0.717) is 18.4 Å². The van der Waals surface area contributed by atoms with Gasteiger partial charge in [0.05, 0.1) is 0 Å². The second-order valence-electron chi connectivity index (χ2n) is 6.92. The molecule has 0 unspecified atom stereocenters. The minimum absolute atomic E-state index is 0.264. The fraction of sp³-hybridized carbons (Fsp3) is 0.722. The summed E-state index contributed by atoms with van der Waals surface area (Å²) in [7, 11) is 1.97. The Morgan fingerprint density at radius 2 is 2.00 bits per heavy atom. The monoisotopic (exact) mass is 289 g/mol. The smallest absolute Gasteiger partial charge is 0.223 e. The normalized spacial score (nSPS) is 25.8. The van der Waals surface area contributed by atoms with Crippen molar-refractivity contribution in [1.29, 1.82) is 0 Å². The first kappa shape index (κ1) is 14.7. The molecule has 2 aliphatic carbocycles. The van der Waals surface area contributed by atoms with Crippen LogP contribution in [0.1, 0.15) is 69.3 Å². The van der Waals surface area contributed by atoms with Crippen molar-refractivity contribution in [2.24, 2.45) is 5.92 Å². The van der Waals surface area contributed by atoms with Crippen molar-refractivity contribution >= 4 is 5.91 Å². The minimum atomic E-state index is 0.264. The lowest BCUT2D eigenvalue weighted by Crippen LogP contribution is -2.38. The van der Waals surface area contributed by atoms with Gasteiger partial charge < -0.3 is 9.32 Å². The first-order chi connectivity index (χ1) is 10.1. The van der Waals surface area contributed by atoms with E-state index < -0.39 is 0 Å². The Morgan fingerprint density at radius 1 is 1.29 bits per heavy atom. The molecule has 1 amide bonds. The van der Waals surface area contributed by atoms with Gasteiger partial charge in [0.1, 0.15) is 11.5 Å². The first-order valence-electron chi connectivity index (χ1n) is 8.49. The van der Waals surface area contributed by atoms with Crippen LogP contribution in [0, 0.1) is 5.92 Å². The molecular weight excluding hydrogens is 262 g/mol. The quantitative estimate of drug-likeness (QED) is 0.816. The van der Waals surface area contributed by atoms with Crippen LogP contribution in [0.15, 0.2) is 16.5 Å². The van der Waals surface area contributed by atoms with Gasteiger partial charge >= 0.3 is 0 Å². The molecule has 116 valence electrons. The second kappa shape index (κ2) is 6.25. The largest absolute Gasteiger partial charge is 0.466 e. The lowest BCUT2D eigenvalue weighted by Gasteiger charge is -2.31. The molecule has 1 aromatic rings. The molecule has 2 fully saturated rings. The molecular formula is C18H27NO2. The van der Waals surface area contributed by atoms with Gasteiger partial charge in [0.2, 0.25) is 5.91 Å². The van der Waals surface area contributed by atoms with E-state index in [1.807, 2.05) is 18.0 Å². The molecule has 1 aromatic heterocycles. The lowest BCUT2D eigenvalue weighted by molar-refractivity contribution is -0.132. The van der Waals surface area contributed by atoms with Gasteiger partial charge in [-0.3, -0.25) is 4.79 Å². The molecule has 0 aliphatic heterocycles. The van der Waals surface area contributed by atoms with E-state index >= 15 is 0 Å². The Balaban J connectivity index is 1.47. The maximum atomic E-state index is 12.3. The van der Waals surface area contributed by atoms with Gasteiger partial charge in [0, 0.05) is 31.8 Å². The molecule has 0 aromatic carbocycles. The Morgan fingerprint density at radius 3 is 2.67 bits per heavy atom. The van der Waals surface area contributed by atoms with Crippen molar-refractivity contribution in [2.45, 2.75) is 70.3 Å². The third-order valence-electron chi connectivity index (χ3n) is 5.26. The van der Waals surface area contributed by atoms with Gasteiger partial charge in [-0.1, -0.05) is 26.2 Å². The number of rotatable bonds is 5. The van der Waals surface area contributed by atoms with Crippen LogP contribution in [0.4, 0.5) is 0 Å². The number of hydrogen-bond donors (Lipinski definition) is 0. The predicted octanol–water partition coefficient (Wildman–Crippen LogP) is 4.13. The van der Waals surface area contributed by atoms with Crippen LogP contribution in [0.2, 0.25) is 0 Å². The van der Waals surface area contributed by atoms with Crippen molar-refractivity contribution in [3.63, 3.8) is 0 Å². The average molecular weight is 289 g/mol. The maximum Gasteiger partial charge on any atom is 0.223 e. The Hall–Kier alpha value is -1.25. The molecule has 0 spiro atoms. The summed E-state index contributed by atoms with van der Waals surface area (Å²) in [6.45, 7) is 2.26. The Labute approximate surface area is 127 Å². The molecule has 3 rings (SSSR count). The fourth-order valence-electron chi connectivity index (χ4n) is 3.53. The highest BCUT2D eigenvalue weighted by atomic mass is 16.3. The molecule has 21 heavy (non-hydrogen) atoms. The molecule has 0 bridgehead atoms. The molecule has 2 saturated carbocycles. The van der Waals surface area contributed by atoms with E-state index in [1.54, 1.807) is 0 Å². The average Bonchev–Trinajstić information content (AvgIpc) is 3.06. The zero-order valence-electron chi connectivity index (χ0n) is 13.3. The molecule has 2 aliphatic rings. The third-order valence-corrected chi connectivity index (χ3v) is 5.26. The summed E-state index contributed by atoms with van der Waals surface area (Å²) >= 11 is 0. The van der Waals surface area contributed by atoms with Gasteiger partial charge in [-0.15, -0.1) is 0 Å². The van der Waals surface area contributed by atoms with Gasteiger partial charge in [-0.05, 0) is 37.3 Å². The highest BCUT2D eigenvalue weighted by Gasteiger charge is 2.36. The van der Waals surface area contributed by atoms with Crippen molar-refractivity contribution in [1.82, 2.24) is 4.90 Å². The van der Waals surface area contributed by atoms with Crippen LogP contribution in [-0.4, -0.2) is 23.9 Å². The maximum absolute atomic E-state index is 12.3. The zero-order valence-corrected chi connectivity index (χ0v) is 13.3. The van der Waals surface area contributed by atoms with Crippen LogP contribution in [0.5, 0.6) is 0 Å². The summed E-state index contributed by atoms with van der Waals surface area (Å²) in [5.74, 6) is 3.74. The molecule has 0 N–H and O–H groups in total. The molecule has 2 atom stereocenters. The summed E-state index contributed by atoms with van der Waals surface area (Å²) in [5.41, 5.74) is 0. The van der Waals surface area contributed by atoms with Gasteiger partial charge in [-0.2, -0.15) is 0 Å². The molecule has 0 saturated heterocycles. The standard InChI is InChI=1S/C18H27NO2/c1-13-12-16(13)17-10-8-15(21-17)9-11-18(20)19(2)14-6-4-3-5-7-14/h8,10,13-14,16H,3-7,9,11-12H2,1-2H3/t13-,16+/m0/s1. The Kier molecular flexibility index (Phi) is 4.37. The van der Waals surface area contributed by atoms with Crippen LogP contribution in [-0.2, 0) is 11.2 Å². The van der Waals surface area contributed by atoms with E-state index in [0.717, 1.165) is 23.9 Å². The van der Waals surface area contributed by atoms with E-state index in [-0.39, 0.29) is 5.91 Å². The van der Waals surface area contributed by atoms with Crippen molar-refractivity contribution in [2.75, 3.05) is 7.05 Å². The molecule has 3 heteroatoms. The summed E-state index contributed by atoms with van der Waals surface area (Å²) in [4.78, 5) is 14.3. The number of hydrogen-bond acceptors (Lipinski definition) is 2. The number of nitrogens with zero attached hydrogens (tertiary/aromatic N) is 1. The molecule has 3 nitrogen and oxygen atoms in total. The third kappa shape index (κ3) is 3.50. The number of carbonyl (C=O) groups excluding carboxylic acids is 1. The predicted molar refractivity (Wildman–Crippen MR) is 83.2 cm³/mol. The topological polar surface area (TPSA) is 33.5 Å². The fourth-order valence-corrected chi connectivity index (χ4v) is 3.53. The van der Waals surface area contributed by atoms with Crippen molar-refractivity contribution in [3.8, 4) is 0 Å². The number of aryl methyl sites for hydroxylation is 1. The summed E-state index contributed by atoms with van der Waals surface area (Å²) in [6.07, 6.45) is 8.76. The SMILES string of the molecule is C[C@H]1C[C@H]1c1ccc(CCC(=O)N(C)C2CCCCC2)o1.